The highest BCUT2D eigenvalue weighted by molar-refractivity contribution is 5.93. The first-order valence-electron chi connectivity index (χ1n) is 11.9. The van der Waals surface area contributed by atoms with E-state index in [0.717, 1.165) is 38.5 Å². The second kappa shape index (κ2) is 8.12. The Labute approximate surface area is 180 Å². The van der Waals surface area contributed by atoms with Gasteiger partial charge in [-0.1, -0.05) is 18.9 Å². The SMILES string of the molecule is C[C@@H]1CC[C@@H]2C(=O)C[C@H]([C@H]3C=CC(=O)[C@H]4CCCC[C@H]34)C[C@@H]2N1C(=O)OC(C)(C)C. The molecule has 0 aromatic heterocycles. The van der Waals surface area contributed by atoms with E-state index in [1.807, 2.05) is 25.7 Å². The van der Waals surface area contributed by atoms with Crippen LogP contribution in [-0.2, 0) is 14.3 Å². The third-order valence-electron chi connectivity index (χ3n) is 7.92. The lowest BCUT2D eigenvalue weighted by Crippen LogP contribution is -2.59. The predicted molar refractivity (Wildman–Crippen MR) is 115 cm³/mol. The van der Waals surface area contributed by atoms with Gasteiger partial charge in [0.15, 0.2) is 5.78 Å². The number of allylic oxidation sites excluding steroid dienone is 2. The smallest absolute Gasteiger partial charge is 0.410 e. The topological polar surface area (TPSA) is 63.7 Å². The third kappa shape index (κ3) is 4.09. The van der Waals surface area contributed by atoms with Gasteiger partial charge in [-0.3, -0.25) is 9.59 Å². The monoisotopic (exact) mass is 415 g/mol. The van der Waals surface area contributed by atoms with E-state index in [0.29, 0.717) is 18.1 Å². The summed E-state index contributed by atoms with van der Waals surface area (Å²) in [6, 6.07) is 0.00136. The van der Waals surface area contributed by atoms with Gasteiger partial charge in [0, 0.05) is 30.3 Å². The van der Waals surface area contributed by atoms with Crippen molar-refractivity contribution >= 4 is 17.7 Å². The molecule has 0 unspecified atom stereocenters. The Bertz CT molecular complexity index is 736. The predicted octanol–water partition coefficient (Wildman–Crippen LogP) is 4.93. The molecule has 0 bridgehead atoms. The Morgan fingerprint density at radius 1 is 1.07 bits per heavy atom. The molecule has 5 nitrogen and oxygen atoms in total. The zero-order valence-electron chi connectivity index (χ0n) is 18.9. The molecule has 166 valence electrons. The number of likely N-dealkylation sites (tertiary alicyclic amines) is 1. The maximum absolute atomic E-state index is 13.2. The highest BCUT2D eigenvalue weighted by Gasteiger charge is 2.50. The molecule has 0 N–H and O–H groups in total. The molecular formula is C25H37NO4. The molecule has 7 atom stereocenters. The average molecular weight is 416 g/mol. The number of nitrogens with zero attached hydrogens (tertiary/aromatic N) is 1. The van der Waals surface area contributed by atoms with E-state index in [4.69, 9.17) is 4.74 Å². The van der Waals surface area contributed by atoms with Crippen molar-refractivity contribution in [2.24, 2.45) is 29.6 Å². The standard InChI is InChI=1S/C25H37NO4/c1-15-9-10-20-21(26(15)24(29)30-25(2,3)4)13-16(14-23(20)28)17-11-12-22(27)19-8-6-5-7-18(17)19/h11-12,15-21H,5-10,13-14H2,1-4H3/t15-,16-,17-,18-,19+,20+,21+/m1/s1. The van der Waals surface area contributed by atoms with E-state index in [1.54, 1.807) is 6.08 Å². The molecule has 1 saturated heterocycles. The van der Waals surface area contributed by atoms with Crippen LogP contribution in [0.15, 0.2) is 12.2 Å². The van der Waals surface area contributed by atoms with Gasteiger partial charge in [0.25, 0.3) is 0 Å². The summed E-state index contributed by atoms with van der Waals surface area (Å²) in [5.41, 5.74) is -0.552. The average Bonchev–Trinajstić information content (AvgIpc) is 2.66. The van der Waals surface area contributed by atoms with Crippen LogP contribution in [0.4, 0.5) is 4.79 Å². The van der Waals surface area contributed by atoms with Gasteiger partial charge in [0.05, 0.1) is 0 Å². The zero-order valence-corrected chi connectivity index (χ0v) is 18.9. The number of rotatable bonds is 1. The van der Waals surface area contributed by atoms with Gasteiger partial charge >= 0.3 is 6.09 Å². The Hall–Kier alpha value is -1.65. The number of hydrogen-bond acceptors (Lipinski definition) is 4. The Kier molecular flexibility index (Phi) is 5.84. The molecule has 3 aliphatic carbocycles. The van der Waals surface area contributed by atoms with E-state index in [9.17, 15) is 14.4 Å². The number of hydrogen-bond donors (Lipinski definition) is 0. The first-order chi connectivity index (χ1) is 14.2. The van der Waals surface area contributed by atoms with Crippen LogP contribution in [0, 0.1) is 29.6 Å². The molecule has 30 heavy (non-hydrogen) atoms. The van der Waals surface area contributed by atoms with Gasteiger partial charge < -0.3 is 9.64 Å². The van der Waals surface area contributed by atoms with E-state index in [2.05, 4.69) is 13.0 Å². The molecule has 1 amide bonds. The number of ketones is 2. The van der Waals surface area contributed by atoms with Gasteiger partial charge in [-0.2, -0.15) is 0 Å². The molecule has 0 aromatic carbocycles. The molecule has 0 spiro atoms. The first-order valence-corrected chi connectivity index (χ1v) is 11.9. The summed E-state index contributed by atoms with van der Waals surface area (Å²) in [6.45, 7) is 7.74. The summed E-state index contributed by atoms with van der Waals surface area (Å²) in [4.78, 5) is 40.6. The molecule has 4 aliphatic rings. The largest absolute Gasteiger partial charge is 0.444 e. The highest BCUT2D eigenvalue weighted by Crippen LogP contribution is 2.48. The maximum atomic E-state index is 13.2. The number of amides is 1. The molecule has 1 heterocycles. The molecule has 5 heteroatoms. The second-order valence-electron chi connectivity index (χ2n) is 11.0. The van der Waals surface area contributed by atoms with Crippen LogP contribution in [0.2, 0.25) is 0 Å². The van der Waals surface area contributed by atoms with Crippen LogP contribution in [0.25, 0.3) is 0 Å². The summed E-state index contributed by atoms with van der Waals surface area (Å²) < 4.78 is 5.73. The number of carbonyl (C=O) groups excluding carboxylic acids is 3. The Morgan fingerprint density at radius 2 is 1.80 bits per heavy atom. The van der Waals surface area contributed by atoms with Crippen LogP contribution >= 0.6 is 0 Å². The van der Waals surface area contributed by atoms with Crippen molar-refractivity contribution in [2.75, 3.05) is 0 Å². The molecular weight excluding hydrogens is 378 g/mol. The van der Waals surface area contributed by atoms with Crippen LogP contribution < -0.4 is 0 Å². The highest BCUT2D eigenvalue weighted by atomic mass is 16.6. The second-order valence-corrected chi connectivity index (χ2v) is 11.0. The lowest BCUT2D eigenvalue weighted by atomic mass is 9.60. The minimum Gasteiger partial charge on any atom is -0.444 e. The molecule has 0 aromatic rings. The Balaban J connectivity index is 1.58. The molecule has 2 saturated carbocycles. The van der Waals surface area contributed by atoms with Gasteiger partial charge in [0.1, 0.15) is 11.4 Å². The lowest BCUT2D eigenvalue weighted by molar-refractivity contribution is -0.134. The number of piperidine rings is 1. The number of ether oxygens (including phenoxy) is 1. The van der Waals surface area contributed by atoms with Gasteiger partial charge in [-0.25, -0.2) is 4.79 Å². The summed E-state index contributed by atoms with van der Waals surface area (Å²) >= 11 is 0. The molecule has 4 rings (SSSR count). The van der Waals surface area contributed by atoms with E-state index in [1.165, 1.54) is 6.42 Å². The van der Waals surface area contributed by atoms with Crippen molar-refractivity contribution in [3.63, 3.8) is 0 Å². The van der Waals surface area contributed by atoms with E-state index in [-0.39, 0.29) is 47.6 Å². The van der Waals surface area contributed by atoms with Crippen LogP contribution in [0.3, 0.4) is 0 Å². The van der Waals surface area contributed by atoms with E-state index < -0.39 is 5.60 Å². The fraction of sp³-hybridized carbons (Fsp3) is 0.800. The summed E-state index contributed by atoms with van der Waals surface area (Å²) in [5.74, 6) is 1.49. The van der Waals surface area contributed by atoms with Crippen LogP contribution in [0.1, 0.15) is 79.1 Å². The van der Waals surface area contributed by atoms with Crippen molar-refractivity contribution in [3.05, 3.63) is 12.2 Å². The molecule has 3 fully saturated rings. The zero-order chi connectivity index (χ0) is 21.6. The van der Waals surface area contributed by atoms with Crippen molar-refractivity contribution in [3.8, 4) is 0 Å². The van der Waals surface area contributed by atoms with E-state index >= 15 is 0 Å². The summed E-state index contributed by atoms with van der Waals surface area (Å²) in [5, 5.41) is 0. The first kappa shape index (κ1) is 21.6. The lowest BCUT2D eigenvalue weighted by Gasteiger charge is -2.50. The third-order valence-corrected chi connectivity index (χ3v) is 7.92. The Morgan fingerprint density at radius 3 is 2.53 bits per heavy atom. The van der Waals surface area contributed by atoms with Crippen molar-refractivity contribution in [1.82, 2.24) is 4.90 Å². The van der Waals surface area contributed by atoms with Gasteiger partial charge in [-0.15, -0.1) is 0 Å². The van der Waals surface area contributed by atoms with Crippen molar-refractivity contribution < 1.29 is 19.1 Å². The number of carbonyl (C=O) groups is 3. The van der Waals surface area contributed by atoms with Gasteiger partial charge in [0.2, 0.25) is 0 Å². The molecule has 1 aliphatic heterocycles. The number of Topliss-reactive ketones (excluding diaryl/α,β-unsaturated/α-hetero) is 1. The summed E-state index contributed by atoms with van der Waals surface area (Å²) in [7, 11) is 0. The summed E-state index contributed by atoms with van der Waals surface area (Å²) in [6.07, 6.45) is 11.1. The minimum absolute atomic E-state index is 0.0682. The van der Waals surface area contributed by atoms with Gasteiger partial charge in [-0.05, 0) is 83.6 Å². The maximum Gasteiger partial charge on any atom is 0.410 e. The van der Waals surface area contributed by atoms with Crippen molar-refractivity contribution in [2.45, 2.75) is 96.7 Å². The quantitative estimate of drug-likeness (QED) is 0.609. The number of fused-ring (bicyclic) bond motifs is 2. The molecule has 0 radical (unpaired) electrons. The fourth-order valence-electron chi connectivity index (χ4n) is 6.61. The fourth-order valence-corrected chi connectivity index (χ4v) is 6.61. The minimum atomic E-state index is -0.552. The van der Waals surface area contributed by atoms with Crippen LogP contribution in [0.5, 0.6) is 0 Å². The van der Waals surface area contributed by atoms with Crippen LogP contribution in [-0.4, -0.2) is 40.2 Å². The van der Waals surface area contributed by atoms with Crippen molar-refractivity contribution in [1.29, 1.82) is 0 Å². The normalized spacial score (nSPS) is 39.3.